The summed E-state index contributed by atoms with van der Waals surface area (Å²) in [5.74, 6) is 0.974. The molecule has 0 aliphatic heterocycles. The first-order chi connectivity index (χ1) is 12.0. The van der Waals surface area contributed by atoms with Gasteiger partial charge in [-0.3, -0.25) is 4.79 Å². The fraction of sp³-hybridized carbons (Fsp3) is 0.200. The van der Waals surface area contributed by atoms with Crippen LogP contribution in [0, 0.1) is 11.3 Å². The molecular weight excluding hydrogens is 316 g/mol. The SMILES string of the molecule is COc1ccc(/C=C(\C#N)C(=O)Nc2ccc(OC(C)C)cc2)cc1. The Labute approximate surface area is 147 Å². The zero-order valence-corrected chi connectivity index (χ0v) is 14.4. The molecule has 1 N–H and O–H groups in total. The van der Waals surface area contributed by atoms with Crippen LogP contribution in [0.4, 0.5) is 5.69 Å². The summed E-state index contributed by atoms with van der Waals surface area (Å²) in [6, 6.07) is 16.0. The van der Waals surface area contributed by atoms with Crippen LogP contribution in [0.1, 0.15) is 19.4 Å². The van der Waals surface area contributed by atoms with Crippen molar-refractivity contribution in [1.82, 2.24) is 0 Å². The molecule has 0 aliphatic rings. The monoisotopic (exact) mass is 336 g/mol. The van der Waals surface area contributed by atoms with Crippen LogP contribution < -0.4 is 14.8 Å². The van der Waals surface area contributed by atoms with E-state index >= 15 is 0 Å². The first-order valence-corrected chi connectivity index (χ1v) is 7.85. The second kappa shape index (κ2) is 8.55. The Morgan fingerprint density at radius 1 is 1.08 bits per heavy atom. The van der Waals surface area contributed by atoms with Gasteiger partial charge in [0.05, 0.1) is 13.2 Å². The average molecular weight is 336 g/mol. The van der Waals surface area contributed by atoms with Crippen molar-refractivity contribution in [1.29, 1.82) is 5.26 Å². The number of carbonyl (C=O) groups is 1. The third-order valence-electron chi connectivity index (χ3n) is 3.28. The van der Waals surface area contributed by atoms with Crippen LogP contribution in [-0.4, -0.2) is 19.1 Å². The van der Waals surface area contributed by atoms with E-state index in [9.17, 15) is 10.1 Å². The Bertz CT molecular complexity index is 785. The largest absolute Gasteiger partial charge is 0.497 e. The molecule has 2 rings (SSSR count). The van der Waals surface area contributed by atoms with Crippen molar-refractivity contribution in [2.24, 2.45) is 0 Å². The number of ether oxygens (including phenoxy) is 2. The summed E-state index contributed by atoms with van der Waals surface area (Å²) in [6.45, 7) is 3.89. The summed E-state index contributed by atoms with van der Waals surface area (Å²) in [5, 5.41) is 12.0. The molecule has 0 bridgehead atoms. The molecule has 25 heavy (non-hydrogen) atoms. The average Bonchev–Trinajstić information content (AvgIpc) is 2.61. The molecule has 2 aromatic rings. The van der Waals surface area contributed by atoms with Gasteiger partial charge < -0.3 is 14.8 Å². The summed E-state index contributed by atoms with van der Waals surface area (Å²) in [6.07, 6.45) is 1.61. The van der Waals surface area contributed by atoms with Gasteiger partial charge in [-0.2, -0.15) is 5.26 Å². The second-order valence-corrected chi connectivity index (χ2v) is 5.59. The van der Waals surface area contributed by atoms with Gasteiger partial charge in [-0.1, -0.05) is 12.1 Å². The predicted molar refractivity (Wildman–Crippen MR) is 97.4 cm³/mol. The molecular formula is C20H20N2O3. The number of rotatable bonds is 6. The van der Waals surface area contributed by atoms with E-state index in [1.165, 1.54) is 6.08 Å². The Morgan fingerprint density at radius 3 is 2.20 bits per heavy atom. The summed E-state index contributed by atoms with van der Waals surface area (Å²) in [4.78, 5) is 12.3. The summed E-state index contributed by atoms with van der Waals surface area (Å²) < 4.78 is 10.6. The minimum atomic E-state index is -0.462. The van der Waals surface area contributed by atoms with Crippen molar-refractivity contribution in [3.05, 3.63) is 59.7 Å². The van der Waals surface area contributed by atoms with Crippen molar-refractivity contribution in [2.75, 3.05) is 12.4 Å². The highest BCUT2D eigenvalue weighted by molar-refractivity contribution is 6.09. The number of hydrogen-bond acceptors (Lipinski definition) is 4. The van der Waals surface area contributed by atoms with Crippen molar-refractivity contribution >= 4 is 17.7 Å². The van der Waals surface area contributed by atoms with Gasteiger partial charge in [-0.25, -0.2) is 0 Å². The van der Waals surface area contributed by atoms with Gasteiger partial charge in [0.25, 0.3) is 5.91 Å². The fourth-order valence-electron chi connectivity index (χ4n) is 2.10. The molecule has 0 unspecified atom stereocenters. The van der Waals surface area contributed by atoms with Gasteiger partial charge in [0, 0.05) is 5.69 Å². The van der Waals surface area contributed by atoms with Crippen molar-refractivity contribution < 1.29 is 14.3 Å². The normalized spacial score (nSPS) is 10.9. The molecule has 5 nitrogen and oxygen atoms in total. The van der Waals surface area contributed by atoms with Crippen LogP contribution in [0.5, 0.6) is 11.5 Å². The van der Waals surface area contributed by atoms with Gasteiger partial charge in [0.2, 0.25) is 0 Å². The molecule has 0 spiro atoms. The lowest BCUT2D eigenvalue weighted by atomic mass is 10.1. The maximum atomic E-state index is 12.3. The number of hydrogen-bond donors (Lipinski definition) is 1. The molecule has 0 heterocycles. The van der Waals surface area contributed by atoms with Gasteiger partial charge >= 0.3 is 0 Å². The Hall–Kier alpha value is -3.26. The van der Waals surface area contributed by atoms with Gasteiger partial charge in [-0.05, 0) is 61.9 Å². The number of carbonyl (C=O) groups excluding carboxylic acids is 1. The standard InChI is InChI=1S/C20H20N2O3/c1-14(2)25-19-10-6-17(7-11-19)22-20(23)16(13-21)12-15-4-8-18(24-3)9-5-15/h4-12,14H,1-3H3,(H,22,23)/b16-12+. The number of benzene rings is 2. The maximum Gasteiger partial charge on any atom is 0.266 e. The molecule has 5 heteroatoms. The summed E-state index contributed by atoms with van der Waals surface area (Å²) in [5.41, 5.74) is 1.36. The minimum Gasteiger partial charge on any atom is -0.497 e. The van der Waals surface area contributed by atoms with E-state index in [2.05, 4.69) is 5.32 Å². The van der Waals surface area contributed by atoms with Crippen LogP contribution >= 0.6 is 0 Å². The van der Waals surface area contributed by atoms with E-state index in [1.54, 1.807) is 55.6 Å². The van der Waals surface area contributed by atoms with Crippen LogP contribution in [-0.2, 0) is 4.79 Å². The minimum absolute atomic E-state index is 0.0210. The smallest absolute Gasteiger partial charge is 0.266 e. The maximum absolute atomic E-state index is 12.3. The molecule has 0 atom stereocenters. The topological polar surface area (TPSA) is 71.3 Å². The van der Waals surface area contributed by atoms with E-state index in [0.717, 1.165) is 11.3 Å². The van der Waals surface area contributed by atoms with E-state index in [4.69, 9.17) is 9.47 Å². The summed E-state index contributed by atoms with van der Waals surface area (Å²) in [7, 11) is 1.58. The molecule has 0 aromatic heterocycles. The van der Waals surface area contributed by atoms with E-state index in [-0.39, 0.29) is 11.7 Å². The van der Waals surface area contributed by atoms with Crippen molar-refractivity contribution in [3.8, 4) is 17.6 Å². The lowest BCUT2D eigenvalue weighted by Crippen LogP contribution is -2.13. The van der Waals surface area contributed by atoms with Gasteiger partial charge in [-0.15, -0.1) is 0 Å². The highest BCUT2D eigenvalue weighted by atomic mass is 16.5. The molecule has 0 radical (unpaired) electrons. The van der Waals surface area contributed by atoms with Crippen molar-refractivity contribution in [3.63, 3.8) is 0 Å². The van der Waals surface area contributed by atoms with Crippen LogP contribution in [0.15, 0.2) is 54.1 Å². The lowest BCUT2D eigenvalue weighted by molar-refractivity contribution is -0.112. The molecule has 1 amide bonds. The van der Waals surface area contributed by atoms with Crippen LogP contribution in [0.25, 0.3) is 6.08 Å². The number of nitrogens with one attached hydrogen (secondary N) is 1. The third-order valence-corrected chi connectivity index (χ3v) is 3.28. The first kappa shape index (κ1) is 18.1. The molecule has 0 saturated carbocycles. The van der Waals surface area contributed by atoms with E-state index in [1.807, 2.05) is 19.9 Å². The molecule has 128 valence electrons. The zero-order valence-electron chi connectivity index (χ0n) is 14.4. The quantitative estimate of drug-likeness (QED) is 0.638. The Morgan fingerprint density at radius 2 is 1.68 bits per heavy atom. The Kier molecular flexibility index (Phi) is 6.19. The van der Waals surface area contributed by atoms with Crippen LogP contribution in [0.2, 0.25) is 0 Å². The molecule has 2 aromatic carbocycles. The number of amides is 1. The molecule has 0 saturated heterocycles. The predicted octanol–water partition coefficient (Wildman–Crippen LogP) is 4.03. The number of nitriles is 1. The third kappa shape index (κ3) is 5.40. The zero-order chi connectivity index (χ0) is 18.2. The highest BCUT2D eigenvalue weighted by Crippen LogP contribution is 2.18. The van der Waals surface area contributed by atoms with E-state index in [0.29, 0.717) is 11.4 Å². The molecule has 0 aliphatic carbocycles. The summed E-state index contributed by atoms with van der Waals surface area (Å²) >= 11 is 0. The van der Waals surface area contributed by atoms with Crippen LogP contribution in [0.3, 0.4) is 0 Å². The van der Waals surface area contributed by atoms with E-state index < -0.39 is 5.91 Å². The van der Waals surface area contributed by atoms with Gasteiger partial charge in [0.15, 0.2) is 0 Å². The second-order valence-electron chi connectivity index (χ2n) is 5.59. The number of anilines is 1. The Balaban J connectivity index is 2.08. The first-order valence-electron chi connectivity index (χ1n) is 7.85. The lowest BCUT2D eigenvalue weighted by Gasteiger charge is -2.10. The number of methoxy groups -OCH3 is 1. The molecule has 0 fully saturated rings. The highest BCUT2D eigenvalue weighted by Gasteiger charge is 2.10. The fourth-order valence-corrected chi connectivity index (χ4v) is 2.10. The number of nitrogens with zero attached hydrogens (tertiary/aromatic N) is 1. The van der Waals surface area contributed by atoms with Crippen molar-refractivity contribution in [2.45, 2.75) is 20.0 Å². The van der Waals surface area contributed by atoms with Gasteiger partial charge in [0.1, 0.15) is 23.1 Å².